The molecule has 0 atom stereocenters. The molecule has 2 aromatic carbocycles. The van der Waals surface area contributed by atoms with Crippen molar-refractivity contribution in [2.45, 2.75) is 24.7 Å². The maximum atomic E-state index is 12.7. The van der Waals surface area contributed by atoms with Crippen LogP contribution < -0.4 is 9.47 Å². The van der Waals surface area contributed by atoms with Crippen molar-refractivity contribution in [2.75, 3.05) is 6.61 Å². The summed E-state index contributed by atoms with van der Waals surface area (Å²) in [6, 6.07) is 14.2. The average Bonchev–Trinajstić information content (AvgIpc) is 3.54. The summed E-state index contributed by atoms with van der Waals surface area (Å²) in [7, 11) is -3.93. The molecule has 144 valence electrons. The van der Waals surface area contributed by atoms with Crippen LogP contribution >= 0.6 is 0 Å². The van der Waals surface area contributed by atoms with E-state index in [-0.39, 0.29) is 27.4 Å². The van der Waals surface area contributed by atoms with Gasteiger partial charge in [0.1, 0.15) is 11.0 Å². The number of hydrogen-bond acceptors (Lipinski definition) is 6. The van der Waals surface area contributed by atoms with Gasteiger partial charge in [-0.05, 0) is 55.7 Å². The molecule has 0 saturated heterocycles. The number of carbonyl (C=O) groups is 1. The first-order valence-corrected chi connectivity index (χ1v) is 10.3. The lowest BCUT2D eigenvalue weighted by Gasteiger charge is -2.11. The van der Waals surface area contributed by atoms with Gasteiger partial charge in [-0.3, -0.25) is 4.79 Å². The minimum atomic E-state index is -3.93. The van der Waals surface area contributed by atoms with Crippen molar-refractivity contribution in [3.05, 3.63) is 59.0 Å². The lowest BCUT2D eigenvalue weighted by atomic mass is 10.2. The van der Waals surface area contributed by atoms with E-state index in [4.69, 9.17) is 9.47 Å². The van der Waals surface area contributed by atoms with Gasteiger partial charge in [0, 0.05) is 0 Å². The Balaban J connectivity index is 1.94. The molecule has 0 heterocycles. The third-order valence-corrected chi connectivity index (χ3v) is 5.82. The zero-order valence-corrected chi connectivity index (χ0v) is 16.1. The molecule has 0 amide bonds. The first-order valence-electron chi connectivity index (χ1n) is 8.86. The van der Waals surface area contributed by atoms with Crippen LogP contribution in [-0.4, -0.2) is 21.0 Å². The molecule has 0 bridgehead atoms. The number of benzene rings is 2. The molecule has 0 aromatic heterocycles. The smallest absolute Gasteiger partial charge is 0.314 e. The van der Waals surface area contributed by atoms with E-state index in [1.165, 1.54) is 18.2 Å². The highest BCUT2D eigenvalue weighted by Crippen LogP contribution is 2.35. The minimum absolute atomic E-state index is 0.0443. The van der Waals surface area contributed by atoms with Crippen molar-refractivity contribution < 1.29 is 22.7 Å². The van der Waals surface area contributed by atoms with E-state index in [2.05, 4.69) is 0 Å². The van der Waals surface area contributed by atoms with E-state index in [0.717, 1.165) is 12.8 Å². The standard InChI is InChI=1S/C21H19NO5S/c1-2-26-20-13-15(8-11-19(20)27-21(23)16-9-10-16)12-18(14-22)28(24,25)17-6-4-3-5-7-17/h3-8,11-13,16H,2,9-10H2,1H3/b18-12+. The molecular weight excluding hydrogens is 378 g/mol. The van der Waals surface area contributed by atoms with Crippen LogP contribution in [0.2, 0.25) is 0 Å². The Morgan fingerprint density at radius 3 is 2.50 bits per heavy atom. The van der Waals surface area contributed by atoms with Crippen molar-refractivity contribution in [3.63, 3.8) is 0 Å². The summed E-state index contributed by atoms with van der Waals surface area (Å²) >= 11 is 0. The summed E-state index contributed by atoms with van der Waals surface area (Å²) < 4.78 is 36.3. The zero-order valence-electron chi connectivity index (χ0n) is 15.3. The molecule has 1 fully saturated rings. The molecule has 0 spiro atoms. The Labute approximate surface area is 163 Å². The highest BCUT2D eigenvalue weighted by atomic mass is 32.2. The number of nitriles is 1. The molecule has 0 radical (unpaired) electrons. The Morgan fingerprint density at radius 1 is 1.18 bits per heavy atom. The van der Waals surface area contributed by atoms with Crippen molar-refractivity contribution in [3.8, 4) is 17.6 Å². The molecule has 6 nitrogen and oxygen atoms in total. The first kappa shape index (κ1) is 19.6. The van der Waals surface area contributed by atoms with Crippen molar-refractivity contribution in [1.82, 2.24) is 0 Å². The van der Waals surface area contributed by atoms with E-state index in [0.29, 0.717) is 17.9 Å². The Bertz CT molecular complexity index is 1050. The summed E-state index contributed by atoms with van der Waals surface area (Å²) in [6.07, 6.45) is 2.93. The van der Waals surface area contributed by atoms with Crippen LogP contribution in [0.1, 0.15) is 25.3 Å². The summed E-state index contributed by atoms with van der Waals surface area (Å²) in [5.74, 6) is 0.240. The van der Waals surface area contributed by atoms with Gasteiger partial charge < -0.3 is 9.47 Å². The summed E-state index contributed by atoms with van der Waals surface area (Å²) in [4.78, 5) is 11.6. The fraction of sp³-hybridized carbons (Fsp3) is 0.238. The van der Waals surface area contributed by atoms with Crippen LogP contribution in [0.3, 0.4) is 0 Å². The van der Waals surface area contributed by atoms with Crippen LogP contribution in [0, 0.1) is 17.2 Å². The van der Waals surface area contributed by atoms with E-state index in [1.54, 1.807) is 49.4 Å². The van der Waals surface area contributed by atoms with Crippen LogP contribution in [0.5, 0.6) is 11.5 Å². The van der Waals surface area contributed by atoms with Gasteiger partial charge in [0.25, 0.3) is 0 Å². The highest BCUT2D eigenvalue weighted by Gasteiger charge is 2.32. The zero-order chi connectivity index (χ0) is 20.1. The second-order valence-electron chi connectivity index (χ2n) is 6.27. The van der Waals surface area contributed by atoms with Crippen LogP contribution in [0.4, 0.5) is 0 Å². The maximum absolute atomic E-state index is 12.7. The van der Waals surface area contributed by atoms with Crippen LogP contribution in [-0.2, 0) is 14.6 Å². The molecule has 1 aliphatic carbocycles. The van der Waals surface area contributed by atoms with Gasteiger partial charge in [-0.1, -0.05) is 24.3 Å². The number of allylic oxidation sites excluding steroid dienone is 1. The number of sulfone groups is 1. The molecule has 7 heteroatoms. The number of hydrogen-bond donors (Lipinski definition) is 0. The second kappa shape index (κ2) is 8.28. The molecule has 1 aliphatic rings. The predicted molar refractivity (Wildman–Crippen MR) is 103 cm³/mol. The van der Waals surface area contributed by atoms with Gasteiger partial charge in [0.15, 0.2) is 11.5 Å². The molecule has 3 rings (SSSR count). The Hall–Kier alpha value is -3.11. The van der Waals surface area contributed by atoms with Gasteiger partial charge >= 0.3 is 5.97 Å². The number of nitrogens with zero attached hydrogens (tertiary/aromatic N) is 1. The van der Waals surface area contributed by atoms with Crippen molar-refractivity contribution in [1.29, 1.82) is 5.26 Å². The van der Waals surface area contributed by atoms with E-state index in [1.807, 2.05) is 0 Å². The van der Waals surface area contributed by atoms with Crippen LogP contribution in [0.25, 0.3) is 6.08 Å². The number of carbonyl (C=O) groups excluding carboxylic acids is 1. The van der Waals surface area contributed by atoms with Crippen LogP contribution in [0.15, 0.2) is 58.3 Å². The molecular formula is C21H19NO5S. The minimum Gasteiger partial charge on any atom is -0.490 e. The third-order valence-electron chi connectivity index (χ3n) is 4.14. The Kier molecular flexibility index (Phi) is 5.81. The van der Waals surface area contributed by atoms with E-state index in [9.17, 15) is 18.5 Å². The lowest BCUT2D eigenvalue weighted by molar-refractivity contribution is -0.135. The summed E-state index contributed by atoms with van der Waals surface area (Å²) in [5, 5.41) is 9.40. The molecule has 0 N–H and O–H groups in total. The molecule has 28 heavy (non-hydrogen) atoms. The van der Waals surface area contributed by atoms with Crippen molar-refractivity contribution >= 4 is 21.9 Å². The monoisotopic (exact) mass is 397 g/mol. The SMILES string of the molecule is CCOc1cc(/C=C(\C#N)S(=O)(=O)c2ccccc2)ccc1OC(=O)C1CC1. The quantitative estimate of drug-likeness (QED) is 0.401. The normalized spacial score (nSPS) is 14.2. The van der Waals surface area contributed by atoms with E-state index < -0.39 is 9.84 Å². The number of rotatable bonds is 7. The van der Waals surface area contributed by atoms with Gasteiger partial charge in [-0.2, -0.15) is 5.26 Å². The molecule has 1 saturated carbocycles. The first-order chi connectivity index (χ1) is 13.5. The van der Waals surface area contributed by atoms with Gasteiger partial charge in [0.2, 0.25) is 9.84 Å². The fourth-order valence-corrected chi connectivity index (χ4v) is 3.71. The fourth-order valence-electron chi connectivity index (χ4n) is 2.53. The second-order valence-corrected chi connectivity index (χ2v) is 8.19. The predicted octanol–water partition coefficient (Wildman–Crippen LogP) is 3.74. The third kappa shape index (κ3) is 4.41. The Morgan fingerprint density at radius 2 is 1.89 bits per heavy atom. The van der Waals surface area contributed by atoms with E-state index >= 15 is 0 Å². The average molecular weight is 397 g/mol. The number of esters is 1. The van der Waals surface area contributed by atoms with Gasteiger partial charge in [-0.15, -0.1) is 0 Å². The topological polar surface area (TPSA) is 93.5 Å². The summed E-state index contributed by atoms with van der Waals surface area (Å²) in [6.45, 7) is 2.13. The molecule has 0 aliphatic heterocycles. The highest BCUT2D eigenvalue weighted by molar-refractivity contribution is 7.95. The largest absolute Gasteiger partial charge is 0.490 e. The lowest BCUT2D eigenvalue weighted by Crippen LogP contribution is -2.11. The maximum Gasteiger partial charge on any atom is 0.314 e. The molecule has 2 aromatic rings. The number of ether oxygens (including phenoxy) is 2. The summed E-state index contributed by atoms with van der Waals surface area (Å²) in [5.41, 5.74) is 0.450. The van der Waals surface area contributed by atoms with Gasteiger partial charge in [-0.25, -0.2) is 8.42 Å². The van der Waals surface area contributed by atoms with Gasteiger partial charge in [0.05, 0.1) is 17.4 Å². The molecule has 0 unspecified atom stereocenters. The van der Waals surface area contributed by atoms with Crippen molar-refractivity contribution in [2.24, 2.45) is 5.92 Å².